The maximum atomic E-state index is 4.56. The number of anilines is 1. The molecule has 19 heavy (non-hydrogen) atoms. The van der Waals surface area contributed by atoms with Gasteiger partial charge < -0.3 is 14.8 Å². The highest BCUT2D eigenvalue weighted by molar-refractivity contribution is 5.85. The highest BCUT2D eigenvalue weighted by Crippen LogP contribution is 2.22. The molecule has 2 aromatic rings. The van der Waals surface area contributed by atoms with Crippen molar-refractivity contribution >= 4 is 41.8 Å². The third kappa shape index (κ3) is 2.75. The minimum absolute atomic E-state index is 0. The Morgan fingerprint density at radius 3 is 2.53 bits per heavy atom. The zero-order valence-electron chi connectivity index (χ0n) is 11.0. The molecule has 106 valence electrons. The van der Waals surface area contributed by atoms with Crippen LogP contribution < -0.4 is 10.2 Å². The molecule has 1 fully saturated rings. The van der Waals surface area contributed by atoms with E-state index in [4.69, 9.17) is 0 Å². The van der Waals surface area contributed by atoms with E-state index in [0.29, 0.717) is 0 Å². The Balaban J connectivity index is 0.000000902. The third-order valence-corrected chi connectivity index (χ3v) is 3.28. The van der Waals surface area contributed by atoms with Gasteiger partial charge in [-0.2, -0.15) is 0 Å². The van der Waals surface area contributed by atoms with Gasteiger partial charge in [-0.25, -0.2) is 15.0 Å². The average molecular weight is 305 g/mol. The fraction of sp³-hybridized carbons (Fsp3) is 0.545. The summed E-state index contributed by atoms with van der Waals surface area (Å²) in [5, 5.41) is 3.34. The smallest absolute Gasteiger partial charge is 0.165 e. The lowest BCUT2D eigenvalue weighted by atomic mass is 10.3. The molecule has 0 unspecified atom stereocenters. The minimum Gasteiger partial charge on any atom is -0.352 e. The molecule has 1 aliphatic rings. The molecule has 2 aromatic heterocycles. The minimum atomic E-state index is 0. The zero-order chi connectivity index (χ0) is 11.8. The first kappa shape index (κ1) is 15.9. The van der Waals surface area contributed by atoms with E-state index in [0.717, 1.165) is 49.0 Å². The molecule has 0 radical (unpaired) electrons. The van der Waals surface area contributed by atoms with Gasteiger partial charge in [0.25, 0.3) is 0 Å². The first-order valence-electron chi connectivity index (χ1n) is 5.87. The number of hydrogen-bond acceptors (Lipinski definition) is 5. The van der Waals surface area contributed by atoms with Gasteiger partial charge in [-0.05, 0) is 6.92 Å². The molecule has 1 aliphatic heterocycles. The summed E-state index contributed by atoms with van der Waals surface area (Å²) in [5.41, 5.74) is 1.82. The van der Waals surface area contributed by atoms with E-state index in [1.54, 1.807) is 6.33 Å². The van der Waals surface area contributed by atoms with Gasteiger partial charge >= 0.3 is 0 Å². The number of aromatic nitrogens is 4. The monoisotopic (exact) mass is 304 g/mol. The van der Waals surface area contributed by atoms with Crippen molar-refractivity contribution in [1.29, 1.82) is 0 Å². The number of rotatable bonds is 1. The third-order valence-electron chi connectivity index (χ3n) is 3.28. The standard InChI is InChI=1S/C11H16N6.2ClH/c1-8-15-9-10(16(8)2)13-7-14-11(9)17-5-3-12-4-6-17;;/h7,12H,3-6H2,1-2H3;2*1H. The van der Waals surface area contributed by atoms with E-state index in [2.05, 4.69) is 25.2 Å². The molecule has 0 spiro atoms. The van der Waals surface area contributed by atoms with Crippen LogP contribution in [0, 0.1) is 6.92 Å². The second kappa shape index (κ2) is 6.36. The van der Waals surface area contributed by atoms with Gasteiger partial charge in [0.1, 0.15) is 12.2 Å². The van der Waals surface area contributed by atoms with Gasteiger partial charge in [-0.1, -0.05) is 0 Å². The van der Waals surface area contributed by atoms with Gasteiger partial charge in [0.2, 0.25) is 0 Å². The lowest BCUT2D eigenvalue weighted by Crippen LogP contribution is -2.44. The molecule has 0 amide bonds. The Labute approximate surface area is 124 Å². The van der Waals surface area contributed by atoms with Crippen LogP contribution in [0.5, 0.6) is 0 Å². The van der Waals surface area contributed by atoms with Crippen molar-refractivity contribution in [3.05, 3.63) is 12.2 Å². The lowest BCUT2D eigenvalue weighted by Gasteiger charge is -2.28. The topological polar surface area (TPSA) is 58.9 Å². The Kier molecular flexibility index (Phi) is 5.34. The van der Waals surface area contributed by atoms with Crippen molar-refractivity contribution in [2.75, 3.05) is 31.1 Å². The van der Waals surface area contributed by atoms with Crippen molar-refractivity contribution in [1.82, 2.24) is 24.8 Å². The van der Waals surface area contributed by atoms with E-state index in [-0.39, 0.29) is 24.8 Å². The van der Waals surface area contributed by atoms with E-state index in [1.165, 1.54) is 0 Å². The van der Waals surface area contributed by atoms with Crippen LogP contribution in [0.3, 0.4) is 0 Å². The number of piperazine rings is 1. The molecule has 3 heterocycles. The number of nitrogens with zero attached hydrogens (tertiary/aromatic N) is 5. The fourth-order valence-electron chi connectivity index (χ4n) is 2.20. The molecule has 0 saturated carbocycles. The van der Waals surface area contributed by atoms with Gasteiger partial charge in [-0.15, -0.1) is 24.8 Å². The summed E-state index contributed by atoms with van der Waals surface area (Å²) >= 11 is 0. The van der Waals surface area contributed by atoms with Gasteiger partial charge in [0, 0.05) is 33.2 Å². The molecule has 0 bridgehead atoms. The molecule has 0 aliphatic carbocycles. The van der Waals surface area contributed by atoms with Crippen molar-refractivity contribution < 1.29 is 0 Å². The summed E-state index contributed by atoms with van der Waals surface area (Å²) in [6, 6.07) is 0. The van der Waals surface area contributed by atoms with Crippen LogP contribution in [0.15, 0.2) is 6.33 Å². The highest BCUT2D eigenvalue weighted by Gasteiger charge is 2.18. The number of halogens is 2. The van der Waals surface area contributed by atoms with E-state index in [9.17, 15) is 0 Å². The van der Waals surface area contributed by atoms with Crippen LogP contribution in [0.1, 0.15) is 5.82 Å². The number of imidazole rings is 1. The Hall–Kier alpha value is -1.11. The predicted octanol–water partition coefficient (Wildman–Crippen LogP) is 0.925. The normalized spacial score (nSPS) is 14.9. The molecule has 1 N–H and O–H groups in total. The second-order valence-corrected chi connectivity index (χ2v) is 4.32. The molecular weight excluding hydrogens is 287 g/mol. The molecule has 0 aromatic carbocycles. The molecule has 8 heteroatoms. The largest absolute Gasteiger partial charge is 0.352 e. The van der Waals surface area contributed by atoms with Crippen molar-refractivity contribution in [2.45, 2.75) is 6.92 Å². The predicted molar refractivity (Wildman–Crippen MR) is 80.6 cm³/mol. The molecular formula is C11H18Cl2N6. The number of nitrogens with one attached hydrogen (secondary N) is 1. The van der Waals surface area contributed by atoms with E-state index >= 15 is 0 Å². The molecule has 3 rings (SSSR count). The summed E-state index contributed by atoms with van der Waals surface area (Å²) in [7, 11) is 1.99. The fourth-order valence-corrected chi connectivity index (χ4v) is 2.20. The van der Waals surface area contributed by atoms with Gasteiger partial charge in [-0.3, -0.25) is 0 Å². The molecule has 0 atom stereocenters. The summed E-state index contributed by atoms with van der Waals surface area (Å²) in [4.78, 5) is 15.5. The molecule has 1 saturated heterocycles. The first-order valence-corrected chi connectivity index (χ1v) is 5.87. The SMILES string of the molecule is Cc1nc2c(N3CCNCC3)ncnc2n1C.Cl.Cl. The van der Waals surface area contributed by atoms with E-state index < -0.39 is 0 Å². The van der Waals surface area contributed by atoms with Crippen molar-refractivity contribution in [3.8, 4) is 0 Å². The van der Waals surface area contributed by atoms with E-state index in [1.807, 2.05) is 18.5 Å². The summed E-state index contributed by atoms with van der Waals surface area (Å²) in [6.45, 7) is 5.93. The summed E-state index contributed by atoms with van der Waals surface area (Å²) in [6.07, 6.45) is 1.63. The van der Waals surface area contributed by atoms with Crippen molar-refractivity contribution in [3.63, 3.8) is 0 Å². The quantitative estimate of drug-likeness (QED) is 0.849. The molecule has 6 nitrogen and oxygen atoms in total. The number of fused-ring (bicyclic) bond motifs is 1. The number of aryl methyl sites for hydroxylation is 2. The van der Waals surface area contributed by atoms with Crippen LogP contribution in [-0.2, 0) is 7.05 Å². The zero-order valence-corrected chi connectivity index (χ0v) is 12.6. The summed E-state index contributed by atoms with van der Waals surface area (Å²) < 4.78 is 2.00. The Morgan fingerprint density at radius 1 is 1.16 bits per heavy atom. The highest BCUT2D eigenvalue weighted by atomic mass is 35.5. The van der Waals surface area contributed by atoms with Crippen molar-refractivity contribution in [2.24, 2.45) is 7.05 Å². The average Bonchev–Trinajstić information content (AvgIpc) is 2.67. The lowest BCUT2D eigenvalue weighted by molar-refractivity contribution is 0.586. The van der Waals surface area contributed by atoms with Crippen LogP contribution in [0.25, 0.3) is 11.2 Å². The van der Waals surface area contributed by atoms with Crippen LogP contribution in [0.2, 0.25) is 0 Å². The maximum Gasteiger partial charge on any atom is 0.165 e. The van der Waals surface area contributed by atoms with Gasteiger partial charge in [0.15, 0.2) is 17.0 Å². The Morgan fingerprint density at radius 2 is 1.84 bits per heavy atom. The van der Waals surface area contributed by atoms with Crippen LogP contribution in [-0.4, -0.2) is 45.7 Å². The second-order valence-electron chi connectivity index (χ2n) is 4.32. The Bertz CT molecular complexity index is 549. The van der Waals surface area contributed by atoms with Crippen LogP contribution in [0.4, 0.5) is 5.82 Å². The summed E-state index contributed by atoms with van der Waals surface area (Å²) in [5.74, 6) is 1.93. The maximum absolute atomic E-state index is 4.56. The number of hydrogen-bond donors (Lipinski definition) is 1. The van der Waals surface area contributed by atoms with Gasteiger partial charge in [0.05, 0.1) is 0 Å². The first-order chi connectivity index (χ1) is 8.27. The van der Waals surface area contributed by atoms with Crippen LogP contribution >= 0.6 is 24.8 Å².